The van der Waals surface area contributed by atoms with Crippen molar-refractivity contribution >= 4 is 5.91 Å². The second-order valence-electron chi connectivity index (χ2n) is 7.24. The van der Waals surface area contributed by atoms with Crippen LogP contribution in [0.1, 0.15) is 48.9 Å². The summed E-state index contributed by atoms with van der Waals surface area (Å²) in [4.78, 5) is 16.9. The molecule has 0 radical (unpaired) electrons. The molecule has 0 aromatic heterocycles. The third-order valence-corrected chi connectivity index (χ3v) is 5.28. The van der Waals surface area contributed by atoms with Gasteiger partial charge < -0.3 is 4.90 Å². The summed E-state index contributed by atoms with van der Waals surface area (Å²) in [5.41, 5.74) is 3.93. The Kier molecular flexibility index (Phi) is 6.45. The number of aryl methyl sites for hydroxylation is 1. The van der Waals surface area contributed by atoms with Crippen LogP contribution >= 0.6 is 0 Å². The Balaban J connectivity index is 1.75. The Morgan fingerprint density at radius 2 is 1.54 bits per heavy atom. The van der Waals surface area contributed by atoms with E-state index < -0.39 is 0 Å². The number of piperazine rings is 1. The van der Waals surface area contributed by atoms with Crippen LogP contribution in [0.4, 0.5) is 0 Å². The highest BCUT2D eigenvalue weighted by Gasteiger charge is 2.27. The lowest BCUT2D eigenvalue weighted by molar-refractivity contribution is -0.133. The van der Waals surface area contributed by atoms with Gasteiger partial charge in [0.05, 0.1) is 6.04 Å². The summed E-state index contributed by atoms with van der Waals surface area (Å²) >= 11 is 0. The fourth-order valence-corrected chi connectivity index (χ4v) is 3.71. The molecule has 0 N–H and O–H groups in total. The normalized spacial score (nSPS) is 16.5. The largest absolute Gasteiger partial charge is 0.340 e. The van der Waals surface area contributed by atoms with Crippen LogP contribution in [-0.4, -0.2) is 41.9 Å². The summed E-state index contributed by atoms with van der Waals surface area (Å²) in [5.74, 6) is 0.318. The second kappa shape index (κ2) is 9.00. The predicted molar refractivity (Wildman–Crippen MR) is 107 cm³/mol. The van der Waals surface area contributed by atoms with Gasteiger partial charge in [-0.05, 0) is 24.5 Å². The number of hydrogen-bond acceptors (Lipinski definition) is 2. The van der Waals surface area contributed by atoms with Crippen LogP contribution in [0.15, 0.2) is 54.6 Å². The Labute approximate surface area is 157 Å². The molecule has 1 amide bonds. The van der Waals surface area contributed by atoms with Gasteiger partial charge in [-0.3, -0.25) is 9.69 Å². The maximum atomic E-state index is 12.3. The van der Waals surface area contributed by atoms with Crippen LogP contribution in [-0.2, 0) is 4.79 Å². The SMILES string of the molecule is CCCCC(=O)N1CCN(C(c2ccccc2)c2ccc(C)cc2)CC1. The minimum atomic E-state index is 0.254. The van der Waals surface area contributed by atoms with Crippen molar-refractivity contribution in [1.29, 1.82) is 0 Å². The molecule has 0 aliphatic carbocycles. The van der Waals surface area contributed by atoms with E-state index in [0.717, 1.165) is 39.0 Å². The zero-order chi connectivity index (χ0) is 18.4. The number of rotatable bonds is 6. The summed E-state index contributed by atoms with van der Waals surface area (Å²) in [7, 11) is 0. The van der Waals surface area contributed by atoms with Crippen LogP contribution in [0.25, 0.3) is 0 Å². The zero-order valence-electron chi connectivity index (χ0n) is 16.0. The Bertz CT molecular complexity index is 688. The second-order valence-corrected chi connectivity index (χ2v) is 7.24. The van der Waals surface area contributed by atoms with E-state index in [9.17, 15) is 4.79 Å². The third kappa shape index (κ3) is 4.53. The number of hydrogen-bond donors (Lipinski definition) is 0. The Morgan fingerprint density at radius 3 is 2.15 bits per heavy atom. The highest BCUT2D eigenvalue weighted by molar-refractivity contribution is 5.76. The fourth-order valence-electron chi connectivity index (χ4n) is 3.71. The molecule has 1 aliphatic heterocycles. The van der Waals surface area contributed by atoms with E-state index in [1.165, 1.54) is 16.7 Å². The number of nitrogens with zero attached hydrogens (tertiary/aromatic N) is 2. The first kappa shape index (κ1) is 18.7. The van der Waals surface area contributed by atoms with Crippen LogP contribution in [0.5, 0.6) is 0 Å². The van der Waals surface area contributed by atoms with Crippen LogP contribution < -0.4 is 0 Å². The molecule has 1 saturated heterocycles. The molecule has 0 spiro atoms. The quantitative estimate of drug-likeness (QED) is 0.770. The Hall–Kier alpha value is -2.13. The predicted octanol–water partition coefficient (Wildman–Crippen LogP) is 4.42. The van der Waals surface area contributed by atoms with Gasteiger partial charge in [0.25, 0.3) is 0 Å². The summed E-state index contributed by atoms with van der Waals surface area (Å²) in [6.07, 6.45) is 2.76. The van der Waals surface area contributed by atoms with Gasteiger partial charge in [0.2, 0.25) is 5.91 Å². The molecule has 1 aliphatic rings. The first-order chi connectivity index (χ1) is 12.7. The van der Waals surface area contributed by atoms with Crippen molar-refractivity contribution in [2.24, 2.45) is 0 Å². The first-order valence-corrected chi connectivity index (χ1v) is 9.82. The zero-order valence-corrected chi connectivity index (χ0v) is 16.0. The molecule has 1 unspecified atom stereocenters. The van der Waals surface area contributed by atoms with Gasteiger partial charge >= 0.3 is 0 Å². The van der Waals surface area contributed by atoms with Gasteiger partial charge in [-0.25, -0.2) is 0 Å². The molecule has 1 heterocycles. The summed E-state index contributed by atoms with van der Waals surface area (Å²) in [6, 6.07) is 19.8. The number of benzene rings is 2. The minimum absolute atomic E-state index is 0.254. The van der Waals surface area contributed by atoms with Crippen molar-refractivity contribution in [3.05, 3.63) is 71.3 Å². The van der Waals surface area contributed by atoms with E-state index in [2.05, 4.69) is 73.3 Å². The van der Waals surface area contributed by atoms with Crippen molar-refractivity contribution in [2.45, 2.75) is 39.2 Å². The molecular formula is C23H30N2O. The molecule has 138 valence electrons. The Morgan fingerprint density at radius 1 is 0.923 bits per heavy atom. The average molecular weight is 351 g/mol. The first-order valence-electron chi connectivity index (χ1n) is 9.82. The van der Waals surface area contributed by atoms with E-state index in [-0.39, 0.29) is 6.04 Å². The standard InChI is InChI=1S/C23H30N2O/c1-3-4-10-22(26)24-15-17-25(18-16-24)23(20-8-6-5-7-9-20)21-13-11-19(2)12-14-21/h5-9,11-14,23H,3-4,10,15-18H2,1-2H3. The molecule has 3 nitrogen and oxygen atoms in total. The lowest BCUT2D eigenvalue weighted by atomic mass is 9.95. The summed E-state index contributed by atoms with van der Waals surface area (Å²) in [6.45, 7) is 7.77. The summed E-state index contributed by atoms with van der Waals surface area (Å²) in [5, 5.41) is 0. The molecule has 3 rings (SSSR count). The smallest absolute Gasteiger partial charge is 0.222 e. The molecule has 1 atom stereocenters. The van der Waals surface area contributed by atoms with E-state index in [4.69, 9.17) is 0 Å². The summed E-state index contributed by atoms with van der Waals surface area (Å²) < 4.78 is 0. The number of amides is 1. The van der Waals surface area contributed by atoms with E-state index in [0.29, 0.717) is 12.3 Å². The lowest BCUT2D eigenvalue weighted by Gasteiger charge is -2.40. The highest BCUT2D eigenvalue weighted by Crippen LogP contribution is 2.29. The van der Waals surface area contributed by atoms with Crippen LogP contribution in [0.3, 0.4) is 0 Å². The third-order valence-electron chi connectivity index (χ3n) is 5.28. The maximum Gasteiger partial charge on any atom is 0.222 e. The van der Waals surface area contributed by atoms with Crippen molar-refractivity contribution in [3.63, 3.8) is 0 Å². The molecule has 2 aromatic rings. The van der Waals surface area contributed by atoms with Gasteiger partial charge in [0, 0.05) is 32.6 Å². The van der Waals surface area contributed by atoms with Gasteiger partial charge in [-0.2, -0.15) is 0 Å². The van der Waals surface area contributed by atoms with Crippen LogP contribution in [0, 0.1) is 6.92 Å². The van der Waals surface area contributed by atoms with E-state index in [1.807, 2.05) is 4.90 Å². The molecule has 2 aromatic carbocycles. The van der Waals surface area contributed by atoms with Crippen LogP contribution in [0.2, 0.25) is 0 Å². The van der Waals surface area contributed by atoms with Crippen molar-refractivity contribution in [1.82, 2.24) is 9.80 Å². The number of unbranched alkanes of at least 4 members (excludes halogenated alkanes) is 1. The van der Waals surface area contributed by atoms with Gasteiger partial charge in [-0.1, -0.05) is 73.5 Å². The lowest BCUT2D eigenvalue weighted by Crippen LogP contribution is -2.49. The van der Waals surface area contributed by atoms with Gasteiger partial charge in [-0.15, -0.1) is 0 Å². The van der Waals surface area contributed by atoms with Gasteiger partial charge in [0.1, 0.15) is 0 Å². The number of carbonyl (C=O) groups excluding carboxylic acids is 1. The molecular weight excluding hydrogens is 320 g/mol. The maximum absolute atomic E-state index is 12.3. The van der Waals surface area contributed by atoms with Gasteiger partial charge in [0.15, 0.2) is 0 Å². The minimum Gasteiger partial charge on any atom is -0.340 e. The van der Waals surface area contributed by atoms with Crippen molar-refractivity contribution < 1.29 is 4.79 Å². The highest BCUT2D eigenvalue weighted by atomic mass is 16.2. The van der Waals surface area contributed by atoms with Crippen molar-refractivity contribution in [2.75, 3.05) is 26.2 Å². The number of carbonyl (C=O) groups is 1. The van der Waals surface area contributed by atoms with E-state index in [1.54, 1.807) is 0 Å². The molecule has 0 bridgehead atoms. The fraction of sp³-hybridized carbons (Fsp3) is 0.435. The molecule has 1 fully saturated rings. The molecule has 0 saturated carbocycles. The van der Waals surface area contributed by atoms with E-state index >= 15 is 0 Å². The topological polar surface area (TPSA) is 23.6 Å². The molecule has 3 heteroatoms. The molecule has 26 heavy (non-hydrogen) atoms. The average Bonchev–Trinajstić information content (AvgIpc) is 2.69. The van der Waals surface area contributed by atoms with Crippen molar-refractivity contribution in [3.8, 4) is 0 Å². The monoisotopic (exact) mass is 350 g/mol.